The minimum Gasteiger partial charge on any atom is -0.455 e. The summed E-state index contributed by atoms with van der Waals surface area (Å²) >= 11 is 0. The number of nitrogens with one attached hydrogen (secondary N) is 1. The number of hydrogen-bond acceptors (Lipinski definition) is 3. The number of aliphatic imine (C=N–C) groups is 1. The molecule has 1 unspecified atom stereocenters. The molecule has 1 N–H and O–H groups in total. The van der Waals surface area contributed by atoms with Crippen molar-refractivity contribution in [3.63, 3.8) is 0 Å². The average molecular weight is 703 g/mol. The summed E-state index contributed by atoms with van der Waals surface area (Å²) in [6.45, 7) is 0. The Hall–Kier alpha value is -7.23. The molecule has 9 aromatic rings. The molecule has 0 fully saturated rings. The van der Waals surface area contributed by atoms with Gasteiger partial charge in [0.2, 0.25) is 0 Å². The fourth-order valence-corrected chi connectivity index (χ4v) is 8.29. The standard InChI is InChI=1S/C52H34N2O/c1-2-10-33(11-3-1)35-20-25-39(26-21-35)50-44-16-8-9-17-47(44)53-52(54-50)42-31-46(49-45-29-28-37-13-6-7-15-43(37)51(45)55-48(49)32-42)38-23-18-36(19-24-38)41-27-22-34-12-4-5-14-40(34)30-41/h1-32,47H,(H,53,54). The van der Waals surface area contributed by atoms with E-state index in [9.17, 15) is 0 Å². The molecule has 0 spiro atoms. The molecule has 0 bridgehead atoms. The Morgan fingerprint density at radius 2 is 1.13 bits per heavy atom. The van der Waals surface area contributed by atoms with Crippen molar-refractivity contribution < 1.29 is 4.42 Å². The third-order valence-electron chi connectivity index (χ3n) is 11.1. The van der Waals surface area contributed by atoms with Crippen molar-refractivity contribution in [3.8, 4) is 33.4 Å². The molecule has 11 rings (SSSR count). The van der Waals surface area contributed by atoms with Gasteiger partial charge in [0.1, 0.15) is 17.0 Å². The Morgan fingerprint density at radius 1 is 0.473 bits per heavy atom. The van der Waals surface area contributed by atoms with Gasteiger partial charge in [-0.3, -0.25) is 0 Å². The SMILES string of the molecule is C1=CC2=C(c3ccc(-c4ccccc4)cc3)N=C(c3cc(-c4ccc(-c5ccc6ccccc6c5)cc4)c4c(c3)oc3c5ccccc5ccc34)NC2C=C1. The lowest BCUT2D eigenvalue weighted by atomic mass is 9.92. The van der Waals surface area contributed by atoms with Crippen molar-refractivity contribution in [3.05, 3.63) is 211 Å². The largest absolute Gasteiger partial charge is 0.455 e. The molecule has 0 amide bonds. The molecule has 0 radical (unpaired) electrons. The lowest BCUT2D eigenvalue weighted by Crippen LogP contribution is -2.39. The minimum atomic E-state index is -0.0127. The van der Waals surface area contributed by atoms with E-state index in [4.69, 9.17) is 9.41 Å². The lowest BCUT2D eigenvalue weighted by Gasteiger charge is -2.28. The predicted molar refractivity (Wildman–Crippen MR) is 230 cm³/mol. The summed E-state index contributed by atoms with van der Waals surface area (Å²) in [6, 6.07) is 60.7. The highest BCUT2D eigenvalue weighted by Crippen LogP contribution is 2.42. The predicted octanol–water partition coefficient (Wildman–Crippen LogP) is 13.1. The van der Waals surface area contributed by atoms with E-state index in [2.05, 4.69) is 199 Å². The number of hydrogen-bond donors (Lipinski definition) is 1. The number of fused-ring (bicyclic) bond motifs is 7. The van der Waals surface area contributed by atoms with Gasteiger partial charge >= 0.3 is 0 Å². The number of benzene rings is 8. The third-order valence-corrected chi connectivity index (χ3v) is 11.1. The van der Waals surface area contributed by atoms with Crippen LogP contribution in [0.2, 0.25) is 0 Å². The zero-order valence-corrected chi connectivity index (χ0v) is 29.9. The molecular formula is C52H34N2O. The molecule has 1 aliphatic heterocycles. The quantitative estimate of drug-likeness (QED) is 0.194. The molecule has 258 valence electrons. The summed E-state index contributed by atoms with van der Waals surface area (Å²) in [7, 11) is 0. The Bertz CT molecular complexity index is 3090. The molecule has 2 aliphatic rings. The van der Waals surface area contributed by atoms with E-state index >= 15 is 0 Å². The fraction of sp³-hybridized carbons (Fsp3) is 0.0192. The van der Waals surface area contributed by atoms with Gasteiger partial charge in [0, 0.05) is 32.9 Å². The zero-order valence-electron chi connectivity index (χ0n) is 29.9. The van der Waals surface area contributed by atoms with Crippen LogP contribution in [0.15, 0.2) is 209 Å². The number of allylic oxidation sites excluding steroid dienone is 2. The highest BCUT2D eigenvalue weighted by atomic mass is 16.3. The van der Waals surface area contributed by atoms with Gasteiger partial charge in [-0.1, -0.05) is 170 Å². The molecule has 1 aromatic heterocycles. The van der Waals surface area contributed by atoms with E-state index in [0.717, 1.165) is 72.1 Å². The van der Waals surface area contributed by atoms with E-state index in [1.807, 2.05) is 0 Å². The Morgan fingerprint density at radius 3 is 1.96 bits per heavy atom. The highest BCUT2D eigenvalue weighted by Gasteiger charge is 2.26. The maximum Gasteiger partial charge on any atom is 0.143 e. The van der Waals surface area contributed by atoms with Gasteiger partial charge in [-0.15, -0.1) is 0 Å². The Kier molecular flexibility index (Phi) is 7.24. The maximum absolute atomic E-state index is 6.85. The first-order chi connectivity index (χ1) is 27.2. The van der Waals surface area contributed by atoms with Crippen LogP contribution in [0.5, 0.6) is 0 Å². The minimum absolute atomic E-state index is 0.0127. The number of rotatable bonds is 5. The summed E-state index contributed by atoms with van der Waals surface area (Å²) in [5.74, 6) is 0.817. The molecule has 0 saturated carbocycles. The zero-order chi connectivity index (χ0) is 36.3. The van der Waals surface area contributed by atoms with Crippen LogP contribution in [0, 0.1) is 0 Å². The monoisotopic (exact) mass is 702 g/mol. The normalized spacial score (nSPS) is 15.1. The van der Waals surface area contributed by atoms with Gasteiger partial charge in [-0.25, -0.2) is 4.99 Å². The van der Waals surface area contributed by atoms with Crippen LogP contribution in [0.25, 0.3) is 82.6 Å². The maximum atomic E-state index is 6.85. The van der Waals surface area contributed by atoms with Crippen LogP contribution in [0.1, 0.15) is 11.1 Å². The average Bonchev–Trinajstić information content (AvgIpc) is 3.65. The third kappa shape index (κ3) is 5.40. The second-order valence-electron chi connectivity index (χ2n) is 14.4. The van der Waals surface area contributed by atoms with E-state index in [1.54, 1.807) is 0 Å². The van der Waals surface area contributed by atoms with Gasteiger partial charge in [-0.05, 0) is 73.8 Å². The van der Waals surface area contributed by atoms with Gasteiger partial charge < -0.3 is 9.73 Å². The molecule has 55 heavy (non-hydrogen) atoms. The van der Waals surface area contributed by atoms with Crippen LogP contribution in [0.3, 0.4) is 0 Å². The topological polar surface area (TPSA) is 37.5 Å². The van der Waals surface area contributed by atoms with Crippen molar-refractivity contribution in [1.29, 1.82) is 0 Å². The fourth-order valence-electron chi connectivity index (χ4n) is 8.29. The van der Waals surface area contributed by atoms with Crippen LogP contribution in [-0.4, -0.2) is 11.9 Å². The first-order valence-electron chi connectivity index (χ1n) is 18.8. The van der Waals surface area contributed by atoms with Crippen molar-refractivity contribution in [2.45, 2.75) is 6.04 Å². The summed E-state index contributed by atoms with van der Waals surface area (Å²) in [5.41, 5.74) is 12.9. The first-order valence-corrected chi connectivity index (χ1v) is 18.8. The number of amidine groups is 1. The van der Waals surface area contributed by atoms with E-state index in [0.29, 0.717) is 0 Å². The van der Waals surface area contributed by atoms with Crippen molar-refractivity contribution >= 4 is 55.0 Å². The molecule has 1 atom stereocenters. The summed E-state index contributed by atoms with van der Waals surface area (Å²) in [4.78, 5) is 5.39. The molecule has 3 heteroatoms. The number of nitrogens with zero attached hydrogens (tertiary/aromatic N) is 1. The van der Waals surface area contributed by atoms with Gasteiger partial charge in [0.05, 0.1) is 11.7 Å². The van der Waals surface area contributed by atoms with Crippen molar-refractivity contribution in [1.82, 2.24) is 5.32 Å². The van der Waals surface area contributed by atoms with E-state index in [1.165, 1.54) is 33.0 Å². The molecular weight excluding hydrogens is 669 g/mol. The lowest BCUT2D eigenvalue weighted by molar-refractivity contribution is 0.672. The van der Waals surface area contributed by atoms with E-state index in [-0.39, 0.29) is 6.04 Å². The summed E-state index contributed by atoms with van der Waals surface area (Å²) in [5, 5.41) is 10.7. The second-order valence-corrected chi connectivity index (χ2v) is 14.4. The van der Waals surface area contributed by atoms with Crippen molar-refractivity contribution in [2.24, 2.45) is 4.99 Å². The first kappa shape index (κ1) is 31.3. The summed E-state index contributed by atoms with van der Waals surface area (Å²) < 4.78 is 6.85. The van der Waals surface area contributed by atoms with Crippen LogP contribution >= 0.6 is 0 Å². The summed E-state index contributed by atoms with van der Waals surface area (Å²) in [6.07, 6.45) is 8.59. The van der Waals surface area contributed by atoms with Gasteiger partial charge in [0.25, 0.3) is 0 Å². The highest BCUT2D eigenvalue weighted by molar-refractivity contribution is 6.21. The smallest absolute Gasteiger partial charge is 0.143 e. The van der Waals surface area contributed by atoms with Gasteiger partial charge in [0.15, 0.2) is 0 Å². The van der Waals surface area contributed by atoms with Crippen LogP contribution in [-0.2, 0) is 0 Å². The van der Waals surface area contributed by atoms with Crippen LogP contribution < -0.4 is 5.32 Å². The Balaban J connectivity index is 1.07. The molecule has 8 aromatic carbocycles. The Labute approximate surface area is 318 Å². The number of furan rings is 1. The molecule has 3 nitrogen and oxygen atoms in total. The molecule has 2 heterocycles. The van der Waals surface area contributed by atoms with Crippen molar-refractivity contribution in [2.75, 3.05) is 0 Å². The van der Waals surface area contributed by atoms with E-state index < -0.39 is 0 Å². The van der Waals surface area contributed by atoms with Crippen LogP contribution in [0.4, 0.5) is 0 Å². The van der Waals surface area contributed by atoms with Gasteiger partial charge in [-0.2, -0.15) is 0 Å². The molecule has 1 aliphatic carbocycles. The second kappa shape index (κ2) is 12.7. The molecule has 0 saturated heterocycles.